The highest BCUT2D eigenvalue weighted by atomic mass is 31.1. The summed E-state index contributed by atoms with van der Waals surface area (Å²) in [6.45, 7) is 0. The maximum absolute atomic E-state index is 2.37. The average molecular weight is 451 g/mol. The summed E-state index contributed by atoms with van der Waals surface area (Å²) in [4.78, 5) is 0. The summed E-state index contributed by atoms with van der Waals surface area (Å²) in [7, 11) is -0.0470. The van der Waals surface area contributed by atoms with Crippen LogP contribution in [0.5, 0.6) is 0 Å². The third-order valence-corrected chi connectivity index (χ3v) is 12.2. The van der Waals surface area contributed by atoms with Gasteiger partial charge >= 0.3 is 0 Å². The van der Waals surface area contributed by atoms with Crippen LogP contribution in [-0.2, 0) is 24.6 Å². The second-order valence-corrected chi connectivity index (χ2v) is 13.9. The lowest BCUT2D eigenvalue weighted by Gasteiger charge is -2.21. The van der Waals surface area contributed by atoms with E-state index in [4.69, 9.17) is 0 Å². The Kier molecular flexibility index (Phi) is 5.69. The van der Waals surface area contributed by atoms with Gasteiger partial charge in [-0.3, -0.25) is 0 Å². The summed E-state index contributed by atoms with van der Waals surface area (Å²) < 4.78 is 0. The van der Waals surface area contributed by atoms with Crippen molar-refractivity contribution in [1.82, 2.24) is 0 Å². The van der Waals surface area contributed by atoms with E-state index in [1.54, 1.807) is 22.3 Å². The van der Waals surface area contributed by atoms with Gasteiger partial charge in [-0.05, 0) is 81.5 Å². The Bertz CT molecular complexity index is 1060. The number of benzene rings is 4. The molecule has 4 aromatic carbocycles. The Morgan fingerprint density at radius 3 is 0.906 bits per heavy atom. The van der Waals surface area contributed by atoms with Crippen molar-refractivity contribution in [2.75, 3.05) is 12.3 Å². The first-order valence-corrected chi connectivity index (χ1v) is 15.4. The minimum absolute atomic E-state index is 0.0235. The van der Waals surface area contributed by atoms with E-state index >= 15 is 0 Å². The zero-order valence-electron chi connectivity index (χ0n) is 18.4. The molecule has 6 rings (SSSR count). The Hall–Kier alpha value is -2.26. The van der Waals surface area contributed by atoms with Gasteiger partial charge in [0.2, 0.25) is 0 Å². The molecule has 0 atom stereocenters. The first-order valence-electron chi connectivity index (χ1n) is 11.6. The molecule has 0 N–H and O–H groups in total. The Labute approximate surface area is 194 Å². The first-order chi connectivity index (χ1) is 15.8. The lowest BCUT2D eigenvalue weighted by atomic mass is 9.97. The van der Waals surface area contributed by atoms with Crippen LogP contribution in [0.1, 0.15) is 22.3 Å². The predicted molar refractivity (Wildman–Crippen MR) is 142 cm³/mol. The lowest BCUT2D eigenvalue weighted by Crippen LogP contribution is -1.99. The van der Waals surface area contributed by atoms with Crippen LogP contribution in [0.25, 0.3) is 22.3 Å². The van der Waals surface area contributed by atoms with Crippen LogP contribution in [0.4, 0.5) is 0 Å². The third kappa shape index (κ3) is 3.96. The van der Waals surface area contributed by atoms with Crippen molar-refractivity contribution in [3.63, 3.8) is 0 Å². The van der Waals surface area contributed by atoms with Crippen molar-refractivity contribution in [1.29, 1.82) is 0 Å². The van der Waals surface area contributed by atoms with E-state index in [-0.39, 0.29) is 15.8 Å². The molecule has 0 aliphatic carbocycles. The normalized spacial score (nSPS) is 15.6. The van der Waals surface area contributed by atoms with Gasteiger partial charge in [0, 0.05) is 0 Å². The summed E-state index contributed by atoms with van der Waals surface area (Å²) in [5, 5.41) is 0. The molecule has 0 radical (unpaired) electrons. The standard InChI is InChI=1S/C30H28P2/c1-5-13-27-23(9-1)19-31(20-24-10-2-6-14-28(24)27)17-18-32-21-25-11-3-7-15-29(25)30-16-8-4-12-26(30)22-32/h1-16H,17-22H2. The minimum atomic E-state index is -0.0235. The second kappa shape index (κ2) is 8.94. The van der Waals surface area contributed by atoms with E-state index in [9.17, 15) is 0 Å². The van der Waals surface area contributed by atoms with Gasteiger partial charge in [0.1, 0.15) is 0 Å². The summed E-state index contributed by atoms with van der Waals surface area (Å²) >= 11 is 0. The van der Waals surface area contributed by atoms with Crippen LogP contribution in [0.2, 0.25) is 0 Å². The van der Waals surface area contributed by atoms with Gasteiger partial charge < -0.3 is 0 Å². The smallest absolute Gasteiger partial charge is 0.00638 e. The molecule has 158 valence electrons. The average Bonchev–Trinajstić information content (AvgIpc) is 3.10. The predicted octanol–water partition coefficient (Wildman–Crippen LogP) is 8.71. The molecule has 0 unspecified atom stereocenters. The highest BCUT2D eigenvalue weighted by molar-refractivity contribution is 7.60. The molecule has 0 bridgehead atoms. The van der Waals surface area contributed by atoms with Crippen molar-refractivity contribution >= 4 is 15.8 Å². The topological polar surface area (TPSA) is 0 Å². The van der Waals surface area contributed by atoms with Gasteiger partial charge in [-0.1, -0.05) is 113 Å². The SMILES string of the molecule is c1ccc2c(c1)CP(CCP1Cc3ccccc3-c3ccccc3C1)Cc1ccccc1-2. The van der Waals surface area contributed by atoms with Crippen molar-refractivity contribution in [3.8, 4) is 22.3 Å². The summed E-state index contributed by atoms with van der Waals surface area (Å²) in [6, 6.07) is 36.5. The monoisotopic (exact) mass is 450 g/mol. The van der Waals surface area contributed by atoms with Crippen molar-refractivity contribution in [2.24, 2.45) is 0 Å². The molecule has 0 saturated heterocycles. The van der Waals surface area contributed by atoms with Crippen molar-refractivity contribution in [2.45, 2.75) is 24.6 Å². The molecule has 2 heterocycles. The van der Waals surface area contributed by atoms with Gasteiger partial charge in [0.15, 0.2) is 0 Å². The van der Waals surface area contributed by atoms with Crippen LogP contribution < -0.4 is 0 Å². The molecule has 0 saturated carbocycles. The Balaban J connectivity index is 1.26. The molecule has 0 fully saturated rings. The van der Waals surface area contributed by atoms with Gasteiger partial charge in [-0.25, -0.2) is 0 Å². The van der Waals surface area contributed by atoms with Gasteiger partial charge in [-0.15, -0.1) is 0 Å². The largest absolute Gasteiger partial charge is 0.0973 e. The molecule has 0 nitrogen and oxygen atoms in total. The highest BCUT2D eigenvalue weighted by Crippen LogP contribution is 2.55. The van der Waals surface area contributed by atoms with Crippen LogP contribution in [0.3, 0.4) is 0 Å². The van der Waals surface area contributed by atoms with E-state index in [1.807, 2.05) is 0 Å². The van der Waals surface area contributed by atoms with Crippen molar-refractivity contribution in [3.05, 3.63) is 119 Å². The van der Waals surface area contributed by atoms with Crippen LogP contribution >= 0.6 is 15.8 Å². The summed E-state index contributed by atoms with van der Waals surface area (Å²) in [6.07, 6.45) is 7.89. The molecular weight excluding hydrogens is 422 g/mol. The summed E-state index contributed by atoms with van der Waals surface area (Å²) in [5.74, 6) is 0. The molecule has 2 aliphatic rings. The summed E-state index contributed by atoms with van der Waals surface area (Å²) in [5.41, 5.74) is 12.1. The second-order valence-electron chi connectivity index (χ2n) is 9.05. The van der Waals surface area contributed by atoms with E-state index < -0.39 is 0 Å². The first kappa shape index (κ1) is 20.4. The van der Waals surface area contributed by atoms with E-state index in [0.29, 0.717) is 0 Å². The van der Waals surface area contributed by atoms with Gasteiger partial charge in [0.25, 0.3) is 0 Å². The van der Waals surface area contributed by atoms with E-state index in [2.05, 4.69) is 97.1 Å². The molecular formula is C30H28P2. The molecule has 0 aromatic heterocycles. The van der Waals surface area contributed by atoms with Crippen LogP contribution in [0.15, 0.2) is 97.1 Å². The fraction of sp³-hybridized carbons (Fsp3) is 0.200. The molecule has 0 amide bonds. The number of hydrogen-bond donors (Lipinski definition) is 0. The van der Waals surface area contributed by atoms with Crippen LogP contribution in [-0.4, -0.2) is 12.3 Å². The van der Waals surface area contributed by atoms with E-state index in [0.717, 1.165) is 0 Å². The maximum Gasteiger partial charge on any atom is -0.00638 e. The fourth-order valence-corrected chi connectivity index (χ4v) is 11.5. The number of rotatable bonds is 3. The molecule has 0 spiro atoms. The maximum atomic E-state index is 2.37. The Morgan fingerprint density at radius 2 is 0.625 bits per heavy atom. The third-order valence-electron chi connectivity index (χ3n) is 6.96. The molecule has 32 heavy (non-hydrogen) atoms. The Morgan fingerprint density at radius 1 is 0.375 bits per heavy atom. The molecule has 2 heteroatoms. The lowest BCUT2D eigenvalue weighted by molar-refractivity contribution is 1.29. The zero-order valence-corrected chi connectivity index (χ0v) is 20.2. The fourth-order valence-electron chi connectivity index (χ4n) is 5.36. The van der Waals surface area contributed by atoms with Gasteiger partial charge in [-0.2, -0.15) is 0 Å². The highest BCUT2D eigenvalue weighted by Gasteiger charge is 2.24. The molecule has 4 aromatic rings. The van der Waals surface area contributed by atoms with Gasteiger partial charge in [0.05, 0.1) is 0 Å². The zero-order chi connectivity index (χ0) is 21.3. The van der Waals surface area contributed by atoms with E-state index in [1.165, 1.54) is 59.2 Å². The van der Waals surface area contributed by atoms with Crippen molar-refractivity contribution < 1.29 is 0 Å². The quantitative estimate of drug-likeness (QED) is 0.274. The molecule has 2 aliphatic heterocycles. The number of hydrogen-bond acceptors (Lipinski definition) is 0. The minimum Gasteiger partial charge on any atom is -0.0973 e. The van der Waals surface area contributed by atoms with Crippen LogP contribution in [0, 0.1) is 0 Å². The number of fused-ring (bicyclic) bond motifs is 6.